The Balaban J connectivity index is 1.47. The average Bonchev–Trinajstić information content (AvgIpc) is 3.23. The van der Waals surface area contributed by atoms with E-state index in [1.54, 1.807) is 0 Å². The lowest BCUT2D eigenvalue weighted by Crippen LogP contribution is -2.55. The van der Waals surface area contributed by atoms with Crippen molar-refractivity contribution >= 4 is 34.0 Å². The molecule has 4 aromatic rings. The number of likely N-dealkylation sites (N-methyl/N-ethyl adjacent to an activating group) is 1. The summed E-state index contributed by atoms with van der Waals surface area (Å²) >= 11 is 6.61. The smallest absolute Gasteiger partial charge is 0.138 e. The summed E-state index contributed by atoms with van der Waals surface area (Å²) in [6.07, 6.45) is 3.14. The van der Waals surface area contributed by atoms with Gasteiger partial charge in [-0.3, -0.25) is 9.30 Å². The molecule has 2 aromatic carbocycles. The number of para-hydroxylation sites is 1. The third-order valence-electron chi connectivity index (χ3n) is 7.37. The van der Waals surface area contributed by atoms with Crippen molar-refractivity contribution in [3.05, 3.63) is 59.8 Å². The van der Waals surface area contributed by atoms with Gasteiger partial charge in [0, 0.05) is 37.9 Å². The molecule has 36 heavy (non-hydrogen) atoms. The Morgan fingerprint density at radius 1 is 1.03 bits per heavy atom. The number of anilines is 1. The molecule has 1 fully saturated rings. The van der Waals surface area contributed by atoms with Crippen LogP contribution in [0.15, 0.2) is 54.7 Å². The Labute approximate surface area is 219 Å². The van der Waals surface area contributed by atoms with Gasteiger partial charge >= 0.3 is 0 Å². The number of nitrogens with zero attached hydrogens (tertiary/aromatic N) is 5. The van der Waals surface area contributed by atoms with Crippen LogP contribution in [-0.2, 0) is 0 Å². The lowest BCUT2D eigenvalue weighted by Gasteiger charge is -2.43. The number of ether oxygens (including phenoxy) is 1. The van der Waals surface area contributed by atoms with Crippen LogP contribution >= 0.6 is 11.6 Å². The van der Waals surface area contributed by atoms with Gasteiger partial charge in [-0.2, -0.15) is 0 Å². The molecule has 1 aliphatic rings. The minimum Gasteiger partial charge on any atom is -0.492 e. The van der Waals surface area contributed by atoms with Crippen molar-refractivity contribution < 1.29 is 4.74 Å². The molecular formula is C29H36ClN5O. The standard InChI is InChI=1S/C29H36ClN5O/c1-20-17-34(18-21(2)33(20)5)26-9-6-8-25-29(26)35-19-23(11-13-28(35)31-25)22-10-12-27(24(30)16-22)36-15-7-14-32(3)4/h6,8-13,16,19-21H,7,14-15,17-18H2,1-5H3/t20-,21+. The SMILES string of the molecule is C[C@@H]1CN(c2cccc3nc4ccc(-c5ccc(OCCCN(C)C)c(Cl)c5)cn4c23)C[C@H](C)N1C. The summed E-state index contributed by atoms with van der Waals surface area (Å²) in [4.78, 5) is 12.0. The van der Waals surface area contributed by atoms with Crippen molar-refractivity contribution in [3.8, 4) is 16.9 Å². The zero-order valence-electron chi connectivity index (χ0n) is 21.9. The molecule has 0 bridgehead atoms. The van der Waals surface area contributed by atoms with E-state index >= 15 is 0 Å². The second-order valence-electron chi connectivity index (χ2n) is 10.3. The summed E-state index contributed by atoms with van der Waals surface area (Å²) in [6.45, 7) is 8.24. The predicted molar refractivity (Wildman–Crippen MR) is 151 cm³/mol. The highest BCUT2D eigenvalue weighted by atomic mass is 35.5. The molecule has 0 amide bonds. The number of rotatable bonds is 7. The van der Waals surface area contributed by atoms with E-state index in [4.69, 9.17) is 21.3 Å². The first-order valence-electron chi connectivity index (χ1n) is 12.8. The van der Waals surface area contributed by atoms with Crippen LogP contribution in [0.5, 0.6) is 5.75 Å². The second-order valence-corrected chi connectivity index (χ2v) is 10.7. The average molecular weight is 506 g/mol. The van der Waals surface area contributed by atoms with E-state index < -0.39 is 0 Å². The van der Waals surface area contributed by atoms with Crippen LogP contribution < -0.4 is 9.64 Å². The second kappa shape index (κ2) is 10.3. The Hall–Kier alpha value is -2.80. The van der Waals surface area contributed by atoms with Gasteiger partial charge in [0.15, 0.2) is 0 Å². The molecule has 0 N–H and O–H groups in total. The summed E-state index contributed by atoms with van der Waals surface area (Å²) in [6, 6.07) is 17.7. The number of imidazole rings is 1. The predicted octanol–water partition coefficient (Wildman–Crippen LogP) is 5.67. The number of hydrogen-bond acceptors (Lipinski definition) is 5. The zero-order chi connectivity index (χ0) is 25.4. The summed E-state index contributed by atoms with van der Waals surface area (Å²) < 4.78 is 8.15. The van der Waals surface area contributed by atoms with Crippen LogP contribution in [0, 0.1) is 0 Å². The van der Waals surface area contributed by atoms with Crippen molar-refractivity contribution in [3.63, 3.8) is 0 Å². The Morgan fingerprint density at radius 2 is 1.78 bits per heavy atom. The molecule has 7 heteroatoms. The molecule has 1 saturated heterocycles. The number of aromatic nitrogens is 2. The van der Waals surface area contributed by atoms with Gasteiger partial charge in [-0.1, -0.05) is 23.7 Å². The van der Waals surface area contributed by atoms with Crippen molar-refractivity contribution in [1.29, 1.82) is 0 Å². The third-order valence-corrected chi connectivity index (χ3v) is 7.66. The fourth-order valence-corrected chi connectivity index (χ4v) is 5.37. The van der Waals surface area contributed by atoms with Crippen molar-refractivity contribution in [1.82, 2.24) is 19.2 Å². The van der Waals surface area contributed by atoms with Crippen LogP contribution in [-0.4, -0.2) is 78.7 Å². The number of hydrogen-bond donors (Lipinski definition) is 0. The fourth-order valence-electron chi connectivity index (χ4n) is 5.13. The quantitative estimate of drug-likeness (QED) is 0.302. The normalized spacial score (nSPS) is 19.0. The van der Waals surface area contributed by atoms with Gasteiger partial charge in [0.25, 0.3) is 0 Å². The third kappa shape index (κ3) is 4.90. The van der Waals surface area contributed by atoms with Gasteiger partial charge in [-0.25, -0.2) is 4.98 Å². The highest BCUT2D eigenvalue weighted by Crippen LogP contribution is 2.34. The summed E-state index contributed by atoms with van der Waals surface area (Å²) in [5, 5.41) is 0.633. The lowest BCUT2D eigenvalue weighted by atomic mass is 10.1. The molecule has 2 aromatic heterocycles. The summed E-state index contributed by atoms with van der Waals surface area (Å²) in [7, 11) is 6.35. The van der Waals surface area contributed by atoms with E-state index in [1.807, 2.05) is 12.1 Å². The first-order valence-corrected chi connectivity index (χ1v) is 13.1. The van der Waals surface area contributed by atoms with Crippen LogP contribution in [0.3, 0.4) is 0 Å². The topological polar surface area (TPSA) is 36.3 Å². The molecule has 2 atom stereocenters. The lowest BCUT2D eigenvalue weighted by molar-refractivity contribution is 0.170. The zero-order valence-corrected chi connectivity index (χ0v) is 22.7. The molecule has 0 saturated carbocycles. The molecule has 0 aliphatic carbocycles. The fraction of sp³-hybridized carbons (Fsp3) is 0.414. The van der Waals surface area contributed by atoms with Gasteiger partial charge in [0.05, 0.1) is 28.4 Å². The molecule has 1 aliphatic heterocycles. The Kier molecular flexibility index (Phi) is 7.11. The van der Waals surface area contributed by atoms with Crippen LogP contribution in [0.4, 0.5) is 5.69 Å². The molecule has 3 heterocycles. The van der Waals surface area contributed by atoms with Gasteiger partial charge in [-0.15, -0.1) is 0 Å². The van der Waals surface area contributed by atoms with E-state index in [0.29, 0.717) is 23.7 Å². The summed E-state index contributed by atoms with van der Waals surface area (Å²) in [5.41, 5.74) is 6.52. The van der Waals surface area contributed by atoms with E-state index in [-0.39, 0.29) is 0 Å². The number of pyridine rings is 1. The van der Waals surface area contributed by atoms with E-state index in [2.05, 4.69) is 96.7 Å². The first kappa shape index (κ1) is 24.9. The van der Waals surface area contributed by atoms with Crippen LogP contribution in [0.25, 0.3) is 27.8 Å². The molecule has 0 unspecified atom stereocenters. The molecule has 5 rings (SSSR count). The van der Waals surface area contributed by atoms with Crippen LogP contribution in [0.1, 0.15) is 20.3 Å². The monoisotopic (exact) mass is 505 g/mol. The number of fused-ring (bicyclic) bond motifs is 3. The molecule has 6 nitrogen and oxygen atoms in total. The number of benzene rings is 2. The van der Waals surface area contributed by atoms with Gasteiger partial charge in [0.1, 0.15) is 11.4 Å². The van der Waals surface area contributed by atoms with Gasteiger partial charge in [0.2, 0.25) is 0 Å². The van der Waals surface area contributed by atoms with Gasteiger partial charge in [-0.05, 0) is 88.9 Å². The Bertz CT molecular complexity index is 1350. The van der Waals surface area contributed by atoms with E-state index in [1.165, 1.54) is 5.69 Å². The largest absolute Gasteiger partial charge is 0.492 e. The number of halogens is 1. The highest BCUT2D eigenvalue weighted by molar-refractivity contribution is 6.32. The minimum atomic E-state index is 0.490. The van der Waals surface area contributed by atoms with Crippen molar-refractivity contribution in [2.24, 2.45) is 0 Å². The van der Waals surface area contributed by atoms with Crippen molar-refractivity contribution in [2.75, 3.05) is 52.3 Å². The summed E-state index contributed by atoms with van der Waals surface area (Å²) in [5.74, 6) is 0.730. The maximum atomic E-state index is 6.61. The van der Waals surface area contributed by atoms with E-state index in [9.17, 15) is 0 Å². The van der Waals surface area contributed by atoms with E-state index in [0.717, 1.165) is 59.6 Å². The molecule has 0 spiro atoms. The van der Waals surface area contributed by atoms with Crippen molar-refractivity contribution in [2.45, 2.75) is 32.4 Å². The minimum absolute atomic E-state index is 0.490. The maximum absolute atomic E-state index is 6.61. The van der Waals surface area contributed by atoms with Gasteiger partial charge < -0.3 is 14.5 Å². The highest BCUT2D eigenvalue weighted by Gasteiger charge is 2.28. The molecule has 190 valence electrons. The first-order chi connectivity index (χ1) is 17.3. The molecular weight excluding hydrogens is 470 g/mol. The molecule has 0 radical (unpaired) electrons. The van der Waals surface area contributed by atoms with Crippen LogP contribution in [0.2, 0.25) is 5.02 Å². The maximum Gasteiger partial charge on any atom is 0.138 e. The Morgan fingerprint density at radius 3 is 2.50 bits per heavy atom. The number of piperazine rings is 1.